The predicted octanol–water partition coefficient (Wildman–Crippen LogP) is 4.14. The van der Waals surface area contributed by atoms with Gasteiger partial charge in [0.15, 0.2) is 17.2 Å². The van der Waals surface area contributed by atoms with E-state index in [1.807, 2.05) is 0 Å². The zero-order valence-corrected chi connectivity index (χ0v) is 15.0. The van der Waals surface area contributed by atoms with E-state index in [1.165, 1.54) is 24.3 Å². The fraction of sp³-hybridized carbons (Fsp3) is 0.167. The maximum absolute atomic E-state index is 13.1. The lowest BCUT2D eigenvalue weighted by Crippen LogP contribution is -2.25. The molecular formula is C18H9F5N4O4. The monoisotopic (exact) mass is 440 g/mol. The molecule has 0 amide bonds. The number of nitrogens with one attached hydrogen (secondary N) is 1. The van der Waals surface area contributed by atoms with Crippen molar-refractivity contribution in [3.63, 3.8) is 0 Å². The van der Waals surface area contributed by atoms with Crippen LogP contribution in [0, 0.1) is 11.3 Å². The number of halogens is 5. The van der Waals surface area contributed by atoms with E-state index in [9.17, 15) is 22.0 Å². The number of aromatic nitrogens is 3. The fourth-order valence-electron chi connectivity index (χ4n) is 2.74. The number of aromatic amines is 1. The maximum atomic E-state index is 13.1. The van der Waals surface area contributed by atoms with Crippen molar-refractivity contribution >= 4 is 0 Å². The van der Waals surface area contributed by atoms with Crippen LogP contribution >= 0.6 is 0 Å². The Morgan fingerprint density at radius 2 is 1.77 bits per heavy atom. The molecule has 0 saturated heterocycles. The van der Waals surface area contributed by atoms with Crippen LogP contribution in [0.1, 0.15) is 11.3 Å². The summed E-state index contributed by atoms with van der Waals surface area (Å²) in [6.45, 7) is -0.207. The second-order valence-electron chi connectivity index (χ2n) is 6.11. The first-order valence-electron chi connectivity index (χ1n) is 8.35. The van der Waals surface area contributed by atoms with Gasteiger partial charge in [0.05, 0.1) is 0 Å². The third-order valence-electron chi connectivity index (χ3n) is 3.91. The predicted molar refractivity (Wildman–Crippen MR) is 90.2 cm³/mol. The van der Waals surface area contributed by atoms with Gasteiger partial charge in [0.25, 0.3) is 0 Å². The number of nitriles is 1. The van der Waals surface area contributed by atoms with Gasteiger partial charge in [-0.1, -0.05) is 6.07 Å². The van der Waals surface area contributed by atoms with Crippen LogP contribution in [0.5, 0.6) is 23.0 Å². The molecule has 0 spiro atoms. The number of hydrogen-bond donors (Lipinski definition) is 1. The zero-order chi connectivity index (χ0) is 22.2. The van der Waals surface area contributed by atoms with E-state index in [1.54, 1.807) is 6.07 Å². The topological polar surface area (TPSA) is 102 Å². The third kappa shape index (κ3) is 4.58. The van der Waals surface area contributed by atoms with Crippen LogP contribution in [0.25, 0.3) is 11.3 Å². The Morgan fingerprint density at radius 1 is 1.03 bits per heavy atom. The summed E-state index contributed by atoms with van der Waals surface area (Å²) in [5.74, 6) is -1.04. The molecule has 1 N–H and O–H groups in total. The molecule has 13 heteroatoms. The molecule has 0 atom stereocenters. The molecule has 31 heavy (non-hydrogen) atoms. The van der Waals surface area contributed by atoms with Crippen molar-refractivity contribution in [2.45, 2.75) is 19.3 Å². The molecule has 2 aromatic carbocycles. The summed E-state index contributed by atoms with van der Waals surface area (Å²) in [6.07, 6.45) is -8.75. The van der Waals surface area contributed by atoms with Crippen LogP contribution in [0.15, 0.2) is 36.4 Å². The molecule has 2 heterocycles. The number of benzene rings is 2. The van der Waals surface area contributed by atoms with Crippen molar-refractivity contribution in [2.24, 2.45) is 0 Å². The Kier molecular flexibility index (Phi) is 4.77. The normalized spacial score (nSPS) is 14.2. The second kappa shape index (κ2) is 7.31. The van der Waals surface area contributed by atoms with E-state index in [2.05, 4.69) is 29.6 Å². The van der Waals surface area contributed by atoms with Gasteiger partial charge in [0.1, 0.15) is 29.9 Å². The number of H-pyrrole nitrogens is 1. The standard InChI is InChI=1S/C18H9F5N4O4/c19-17(20,21)29-12-5-10(16-13(7-24)25-27-26-16)4-11(6-12)28-8-9-1-2-14-15(3-9)31-18(22,23)30-14/h1-6H,8H2,(H,25,26,27). The number of ether oxygens (including phenoxy) is 4. The summed E-state index contributed by atoms with van der Waals surface area (Å²) in [5, 5.41) is 18.6. The van der Waals surface area contributed by atoms with Gasteiger partial charge in [0, 0.05) is 11.6 Å². The van der Waals surface area contributed by atoms with Crippen molar-refractivity contribution in [3.05, 3.63) is 47.7 Å². The van der Waals surface area contributed by atoms with Gasteiger partial charge in [-0.2, -0.15) is 15.6 Å². The highest BCUT2D eigenvalue weighted by molar-refractivity contribution is 5.67. The first kappa shape index (κ1) is 20.2. The number of nitrogens with zero attached hydrogens (tertiary/aromatic N) is 3. The smallest absolute Gasteiger partial charge is 0.489 e. The lowest BCUT2D eigenvalue weighted by molar-refractivity contribution is -0.286. The summed E-state index contributed by atoms with van der Waals surface area (Å²) in [6, 6.07) is 8.99. The summed E-state index contributed by atoms with van der Waals surface area (Å²) in [4.78, 5) is 0. The molecule has 0 saturated carbocycles. The lowest BCUT2D eigenvalue weighted by atomic mass is 10.1. The van der Waals surface area contributed by atoms with Crippen LogP contribution in [-0.4, -0.2) is 28.1 Å². The molecule has 160 valence electrons. The van der Waals surface area contributed by atoms with Gasteiger partial charge >= 0.3 is 12.7 Å². The molecule has 0 aliphatic carbocycles. The van der Waals surface area contributed by atoms with E-state index in [-0.39, 0.29) is 40.8 Å². The first-order chi connectivity index (χ1) is 14.6. The minimum atomic E-state index is -4.97. The van der Waals surface area contributed by atoms with Crippen molar-refractivity contribution < 1.29 is 40.9 Å². The summed E-state index contributed by atoms with van der Waals surface area (Å²) in [7, 11) is 0. The number of rotatable bonds is 5. The molecule has 1 aromatic heterocycles. The minimum Gasteiger partial charge on any atom is -0.489 e. The van der Waals surface area contributed by atoms with Gasteiger partial charge in [-0.3, -0.25) is 0 Å². The van der Waals surface area contributed by atoms with E-state index in [0.717, 1.165) is 12.1 Å². The molecule has 0 radical (unpaired) electrons. The van der Waals surface area contributed by atoms with Crippen LogP contribution in [0.3, 0.4) is 0 Å². The molecule has 0 unspecified atom stereocenters. The third-order valence-corrected chi connectivity index (χ3v) is 3.91. The SMILES string of the molecule is N#Cc1n[nH]nc1-c1cc(OCc2ccc3c(c2)OC(F)(F)O3)cc(OC(F)(F)F)c1. The molecule has 0 fully saturated rings. The highest BCUT2D eigenvalue weighted by Gasteiger charge is 2.43. The second-order valence-corrected chi connectivity index (χ2v) is 6.11. The molecule has 4 rings (SSSR count). The average Bonchev–Trinajstić information content (AvgIpc) is 3.26. The van der Waals surface area contributed by atoms with Crippen molar-refractivity contribution in [3.8, 4) is 40.3 Å². The van der Waals surface area contributed by atoms with E-state index in [0.29, 0.717) is 5.56 Å². The lowest BCUT2D eigenvalue weighted by Gasteiger charge is -2.13. The van der Waals surface area contributed by atoms with Crippen molar-refractivity contribution in [2.75, 3.05) is 0 Å². The van der Waals surface area contributed by atoms with Crippen LogP contribution in [-0.2, 0) is 6.61 Å². The average molecular weight is 440 g/mol. The highest BCUT2D eigenvalue weighted by atomic mass is 19.4. The van der Waals surface area contributed by atoms with Gasteiger partial charge in [0.2, 0.25) is 0 Å². The molecule has 8 nitrogen and oxygen atoms in total. The quantitative estimate of drug-likeness (QED) is 0.595. The Hall–Kier alpha value is -4.08. The fourth-order valence-corrected chi connectivity index (χ4v) is 2.74. The molecular weight excluding hydrogens is 431 g/mol. The first-order valence-corrected chi connectivity index (χ1v) is 8.35. The Bertz CT molecular complexity index is 1170. The van der Waals surface area contributed by atoms with Crippen LogP contribution in [0.2, 0.25) is 0 Å². The summed E-state index contributed by atoms with van der Waals surface area (Å²) < 4.78 is 82.4. The number of alkyl halides is 5. The van der Waals surface area contributed by atoms with Crippen LogP contribution < -0.4 is 18.9 Å². The van der Waals surface area contributed by atoms with Gasteiger partial charge in [-0.05, 0) is 29.8 Å². The van der Waals surface area contributed by atoms with Crippen molar-refractivity contribution in [1.29, 1.82) is 5.26 Å². The molecule has 1 aliphatic rings. The highest BCUT2D eigenvalue weighted by Crippen LogP contribution is 2.41. The summed E-state index contributed by atoms with van der Waals surface area (Å²) >= 11 is 0. The molecule has 0 bridgehead atoms. The van der Waals surface area contributed by atoms with E-state index < -0.39 is 18.4 Å². The summed E-state index contributed by atoms with van der Waals surface area (Å²) in [5.41, 5.74) is 0.298. The Labute approximate surface area is 169 Å². The minimum absolute atomic E-state index is 0.00899. The number of fused-ring (bicyclic) bond motifs is 1. The van der Waals surface area contributed by atoms with Gasteiger partial charge in [-0.25, -0.2) is 0 Å². The van der Waals surface area contributed by atoms with Crippen LogP contribution in [0.4, 0.5) is 22.0 Å². The maximum Gasteiger partial charge on any atom is 0.586 e. The number of hydrogen-bond acceptors (Lipinski definition) is 7. The van der Waals surface area contributed by atoms with Gasteiger partial charge in [-0.15, -0.1) is 27.1 Å². The molecule has 3 aromatic rings. The zero-order valence-electron chi connectivity index (χ0n) is 15.0. The van der Waals surface area contributed by atoms with E-state index in [4.69, 9.17) is 10.00 Å². The molecule has 1 aliphatic heterocycles. The van der Waals surface area contributed by atoms with Gasteiger partial charge < -0.3 is 18.9 Å². The Balaban J connectivity index is 1.60. The van der Waals surface area contributed by atoms with E-state index >= 15 is 0 Å². The van der Waals surface area contributed by atoms with Crippen molar-refractivity contribution in [1.82, 2.24) is 15.4 Å². The Morgan fingerprint density at radius 3 is 2.52 bits per heavy atom. The largest absolute Gasteiger partial charge is 0.586 e.